The van der Waals surface area contributed by atoms with Crippen molar-refractivity contribution in [3.05, 3.63) is 30.9 Å². The maximum Gasteiger partial charge on any atom is 0.158 e. The summed E-state index contributed by atoms with van der Waals surface area (Å²) in [4.78, 5) is 7.90. The van der Waals surface area contributed by atoms with Gasteiger partial charge in [-0.2, -0.15) is 5.10 Å². The first kappa shape index (κ1) is 7.69. The van der Waals surface area contributed by atoms with Crippen molar-refractivity contribution in [2.45, 2.75) is 0 Å². The molecule has 13 heavy (non-hydrogen) atoms. The summed E-state index contributed by atoms with van der Waals surface area (Å²) in [6, 6.07) is 3.52. The Balaban J connectivity index is 2.41. The first-order valence-corrected chi connectivity index (χ1v) is 3.69. The highest BCUT2D eigenvalue weighted by Crippen LogP contribution is 2.05. The molecule has 0 aliphatic carbocycles. The fourth-order valence-corrected chi connectivity index (χ4v) is 0.956. The first-order valence-electron chi connectivity index (χ1n) is 3.69. The molecule has 0 bridgehead atoms. The summed E-state index contributed by atoms with van der Waals surface area (Å²) in [7, 11) is 0. The van der Waals surface area contributed by atoms with Crippen molar-refractivity contribution in [1.29, 1.82) is 0 Å². The van der Waals surface area contributed by atoms with Crippen LogP contribution in [0.4, 0.5) is 5.82 Å². The lowest BCUT2D eigenvalue weighted by Crippen LogP contribution is -2.09. The third-order valence-electron chi connectivity index (χ3n) is 1.54. The van der Waals surface area contributed by atoms with E-state index in [2.05, 4.69) is 20.5 Å². The smallest absolute Gasteiger partial charge is 0.158 e. The summed E-state index contributed by atoms with van der Waals surface area (Å²) in [5.74, 6) is 6.43. The van der Waals surface area contributed by atoms with Gasteiger partial charge in [-0.3, -0.25) is 0 Å². The Bertz CT molecular complexity index is 382. The quantitative estimate of drug-likeness (QED) is 0.495. The van der Waals surface area contributed by atoms with E-state index in [1.807, 2.05) is 6.07 Å². The van der Waals surface area contributed by atoms with Crippen molar-refractivity contribution in [1.82, 2.24) is 19.7 Å². The van der Waals surface area contributed by atoms with Gasteiger partial charge >= 0.3 is 0 Å². The van der Waals surface area contributed by atoms with E-state index in [1.165, 1.54) is 6.33 Å². The second-order valence-corrected chi connectivity index (χ2v) is 2.36. The molecule has 0 amide bonds. The van der Waals surface area contributed by atoms with E-state index in [9.17, 15) is 0 Å². The molecule has 0 fully saturated rings. The van der Waals surface area contributed by atoms with Crippen molar-refractivity contribution in [3.8, 4) is 5.82 Å². The van der Waals surface area contributed by atoms with Crippen LogP contribution in [0.15, 0.2) is 30.9 Å². The molecule has 0 saturated heterocycles. The van der Waals surface area contributed by atoms with E-state index in [4.69, 9.17) is 5.84 Å². The average molecular weight is 176 g/mol. The van der Waals surface area contributed by atoms with Crippen LogP contribution in [0.3, 0.4) is 0 Å². The van der Waals surface area contributed by atoms with Crippen molar-refractivity contribution >= 4 is 5.82 Å². The Morgan fingerprint density at radius 1 is 1.38 bits per heavy atom. The zero-order chi connectivity index (χ0) is 9.10. The van der Waals surface area contributed by atoms with Crippen molar-refractivity contribution in [3.63, 3.8) is 0 Å². The Hall–Kier alpha value is -1.95. The molecule has 2 aromatic heterocycles. The van der Waals surface area contributed by atoms with Gasteiger partial charge in [0.25, 0.3) is 0 Å². The number of hydrazine groups is 1. The predicted molar refractivity (Wildman–Crippen MR) is 47.0 cm³/mol. The molecule has 0 atom stereocenters. The van der Waals surface area contributed by atoms with Gasteiger partial charge in [0.05, 0.1) is 0 Å². The lowest BCUT2D eigenvalue weighted by Gasteiger charge is -2.01. The van der Waals surface area contributed by atoms with Crippen LogP contribution in [0.1, 0.15) is 0 Å². The molecule has 6 heteroatoms. The van der Waals surface area contributed by atoms with E-state index in [0.717, 1.165) is 0 Å². The van der Waals surface area contributed by atoms with Gasteiger partial charge in [-0.05, 0) is 6.07 Å². The minimum atomic E-state index is 0.556. The van der Waals surface area contributed by atoms with Gasteiger partial charge in [-0.1, -0.05) is 0 Å². The highest BCUT2D eigenvalue weighted by molar-refractivity contribution is 5.38. The zero-order valence-electron chi connectivity index (χ0n) is 6.75. The van der Waals surface area contributed by atoms with Crippen molar-refractivity contribution in [2.75, 3.05) is 5.43 Å². The Kier molecular flexibility index (Phi) is 1.89. The molecule has 0 aliphatic rings. The number of hydrogen-bond acceptors (Lipinski definition) is 5. The molecule has 3 N–H and O–H groups in total. The summed E-state index contributed by atoms with van der Waals surface area (Å²) in [5.41, 5.74) is 2.44. The zero-order valence-corrected chi connectivity index (χ0v) is 6.75. The largest absolute Gasteiger partial charge is 0.308 e. The molecule has 6 nitrogen and oxygen atoms in total. The SMILES string of the molecule is NNc1cc(-n2cccn2)ncn1. The number of nitrogens with one attached hydrogen (secondary N) is 1. The van der Waals surface area contributed by atoms with Crippen LogP contribution in [-0.4, -0.2) is 19.7 Å². The number of nitrogens with zero attached hydrogens (tertiary/aromatic N) is 4. The molecular formula is C7H8N6. The van der Waals surface area contributed by atoms with Crippen LogP contribution < -0.4 is 11.3 Å². The molecule has 2 heterocycles. The predicted octanol–water partition coefficient (Wildman–Crippen LogP) is -0.0521. The van der Waals surface area contributed by atoms with E-state index in [0.29, 0.717) is 11.6 Å². The molecule has 0 spiro atoms. The van der Waals surface area contributed by atoms with Crippen LogP contribution in [0.25, 0.3) is 5.82 Å². The van der Waals surface area contributed by atoms with Gasteiger partial charge in [-0.15, -0.1) is 0 Å². The third-order valence-corrected chi connectivity index (χ3v) is 1.54. The van der Waals surface area contributed by atoms with Crippen LogP contribution >= 0.6 is 0 Å². The van der Waals surface area contributed by atoms with Gasteiger partial charge in [0.1, 0.15) is 12.1 Å². The van der Waals surface area contributed by atoms with Gasteiger partial charge in [0.15, 0.2) is 5.82 Å². The van der Waals surface area contributed by atoms with Crippen LogP contribution in [0.2, 0.25) is 0 Å². The number of nitrogen functional groups attached to an aromatic ring is 1. The molecule has 0 radical (unpaired) electrons. The number of nitrogens with two attached hydrogens (primary N) is 1. The molecule has 0 aromatic carbocycles. The molecule has 0 saturated carbocycles. The average Bonchev–Trinajstić information content (AvgIpc) is 2.71. The minimum absolute atomic E-state index is 0.556. The lowest BCUT2D eigenvalue weighted by atomic mass is 10.5. The Labute approximate surface area is 74.4 Å². The van der Waals surface area contributed by atoms with E-state index in [-0.39, 0.29) is 0 Å². The Morgan fingerprint density at radius 2 is 2.31 bits per heavy atom. The molecule has 2 aromatic rings. The van der Waals surface area contributed by atoms with Crippen LogP contribution in [0.5, 0.6) is 0 Å². The summed E-state index contributed by atoms with van der Waals surface area (Å²) in [6.07, 6.45) is 4.90. The maximum absolute atomic E-state index is 5.20. The first-order chi connectivity index (χ1) is 6.40. The van der Waals surface area contributed by atoms with Crippen LogP contribution in [-0.2, 0) is 0 Å². The van der Waals surface area contributed by atoms with Crippen LogP contribution in [0, 0.1) is 0 Å². The molecule has 66 valence electrons. The molecular weight excluding hydrogens is 168 g/mol. The van der Waals surface area contributed by atoms with E-state index < -0.39 is 0 Å². The number of hydrogen-bond donors (Lipinski definition) is 2. The van der Waals surface area contributed by atoms with Gasteiger partial charge in [-0.25, -0.2) is 20.5 Å². The van der Waals surface area contributed by atoms with Crippen molar-refractivity contribution in [2.24, 2.45) is 5.84 Å². The maximum atomic E-state index is 5.20. The normalized spacial score (nSPS) is 9.92. The summed E-state index contributed by atoms with van der Waals surface area (Å²) >= 11 is 0. The van der Waals surface area contributed by atoms with Gasteiger partial charge in [0, 0.05) is 18.5 Å². The lowest BCUT2D eigenvalue weighted by molar-refractivity contribution is 0.839. The number of rotatable bonds is 2. The van der Waals surface area contributed by atoms with Gasteiger partial charge in [0.2, 0.25) is 0 Å². The standard InChI is InChI=1S/C7H8N6/c8-12-6-4-7(10-5-9-6)13-3-1-2-11-13/h1-5H,8H2,(H,9,10,12). The fourth-order valence-electron chi connectivity index (χ4n) is 0.956. The monoisotopic (exact) mass is 176 g/mol. The highest BCUT2D eigenvalue weighted by Gasteiger charge is 1.98. The molecule has 2 rings (SSSR count). The van der Waals surface area contributed by atoms with Gasteiger partial charge < -0.3 is 5.43 Å². The summed E-state index contributed by atoms with van der Waals surface area (Å²) in [6.45, 7) is 0. The second-order valence-electron chi connectivity index (χ2n) is 2.36. The highest BCUT2D eigenvalue weighted by atomic mass is 15.3. The number of aromatic nitrogens is 4. The van der Waals surface area contributed by atoms with Crippen molar-refractivity contribution < 1.29 is 0 Å². The summed E-state index contributed by atoms with van der Waals surface area (Å²) < 4.78 is 1.63. The summed E-state index contributed by atoms with van der Waals surface area (Å²) in [5, 5.41) is 4.02. The van der Waals surface area contributed by atoms with E-state index >= 15 is 0 Å². The molecule has 0 unspecified atom stereocenters. The van der Waals surface area contributed by atoms with E-state index in [1.54, 1.807) is 23.1 Å². The second kappa shape index (κ2) is 3.20. The third kappa shape index (κ3) is 1.47. The Morgan fingerprint density at radius 3 is 3.00 bits per heavy atom. The molecule has 0 aliphatic heterocycles. The fraction of sp³-hybridized carbons (Fsp3) is 0. The minimum Gasteiger partial charge on any atom is -0.308 e. The topological polar surface area (TPSA) is 81.6 Å². The number of anilines is 1.